The fraction of sp³-hybridized carbons (Fsp3) is 0.571. The van der Waals surface area contributed by atoms with Gasteiger partial charge in [-0.1, -0.05) is 19.9 Å². The quantitative estimate of drug-likeness (QED) is 0.915. The summed E-state index contributed by atoms with van der Waals surface area (Å²) in [6, 6.07) is 6.45. The number of ether oxygens (including phenoxy) is 1. The van der Waals surface area contributed by atoms with Gasteiger partial charge in [-0.15, -0.1) is 0 Å². The number of benzene rings is 1. The first-order valence-corrected chi connectivity index (χ1v) is 7.16. The zero-order chi connectivity index (χ0) is 12.3. The molecule has 1 aliphatic heterocycles. The number of rotatable bonds is 4. The van der Waals surface area contributed by atoms with Crippen LogP contribution in [0.3, 0.4) is 0 Å². The summed E-state index contributed by atoms with van der Waals surface area (Å²) >= 11 is 3.61. The largest absolute Gasteiger partial charge is 0.488 e. The van der Waals surface area contributed by atoms with Crippen molar-refractivity contribution < 1.29 is 4.74 Å². The Morgan fingerprint density at radius 2 is 2.35 bits per heavy atom. The number of hydrogen-bond acceptors (Lipinski definition) is 2. The van der Waals surface area contributed by atoms with E-state index in [9.17, 15) is 0 Å². The molecule has 1 aromatic carbocycles. The van der Waals surface area contributed by atoms with E-state index in [4.69, 9.17) is 4.74 Å². The van der Waals surface area contributed by atoms with Gasteiger partial charge in [-0.25, -0.2) is 0 Å². The van der Waals surface area contributed by atoms with E-state index in [1.165, 1.54) is 12.0 Å². The standard InChI is InChI=1S/C14H20BrNO/c1-3-10(2)11-4-5-14(13(15)8-11)17-12-6-7-16-9-12/h4-5,8,10,12,16H,3,6-7,9H2,1-2H3. The molecule has 1 saturated heterocycles. The molecule has 0 radical (unpaired) electrons. The van der Waals surface area contributed by atoms with Gasteiger partial charge in [-0.05, 0) is 58.9 Å². The zero-order valence-corrected chi connectivity index (χ0v) is 12.1. The van der Waals surface area contributed by atoms with Gasteiger partial charge in [-0.2, -0.15) is 0 Å². The van der Waals surface area contributed by atoms with Gasteiger partial charge in [0.15, 0.2) is 0 Å². The van der Waals surface area contributed by atoms with Crippen molar-refractivity contribution in [2.45, 2.75) is 38.7 Å². The molecule has 0 saturated carbocycles. The highest BCUT2D eigenvalue weighted by molar-refractivity contribution is 9.10. The summed E-state index contributed by atoms with van der Waals surface area (Å²) in [6.07, 6.45) is 2.58. The fourth-order valence-corrected chi connectivity index (χ4v) is 2.55. The second kappa shape index (κ2) is 5.87. The molecule has 1 fully saturated rings. The van der Waals surface area contributed by atoms with Crippen molar-refractivity contribution in [1.82, 2.24) is 5.32 Å². The molecular weight excluding hydrogens is 278 g/mol. The maximum Gasteiger partial charge on any atom is 0.133 e. The summed E-state index contributed by atoms with van der Waals surface area (Å²) < 4.78 is 7.04. The molecule has 1 heterocycles. The van der Waals surface area contributed by atoms with E-state index >= 15 is 0 Å². The van der Waals surface area contributed by atoms with Crippen LogP contribution in [0, 0.1) is 0 Å². The van der Waals surface area contributed by atoms with E-state index < -0.39 is 0 Å². The predicted molar refractivity (Wildman–Crippen MR) is 74.8 cm³/mol. The molecule has 2 atom stereocenters. The van der Waals surface area contributed by atoms with Crippen molar-refractivity contribution in [3.05, 3.63) is 28.2 Å². The lowest BCUT2D eigenvalue weighted by molar-refractivity contribution is 0.221. The monoisotopic (exact) mass is 297 g/mol. The molecule has 1 N–H and O–H groups in total. The third-order valence-electron chi connectivity index (χ3n) is 3.45. The van der Waals surface area contributed by atoms with Crippen LogP contribution in [0.5, 0.6) is 5.75 Å². The zero-order valence-electron chi connectivity index (χ0n) is 10.5. The van der Waals surface area contributed by atoms with Crippen LogP contribution in [0.4, 0.5) is 0 Å². The fourth-order valence-electron chi connectivity index (χ4n) is 2.06. The first-order valence-electron chi connectivity index (χ1n) is 6.37. The Kier molecular flexibility index (Phi) is 4.46. The Labute approximate surface area is 112 Å². The van der Waals surface area contributed by atoms with Crippen LogP contribution < -0.4 is 10.1 Å². The van der Waals surface area contributed by atoms with Gasteiger partial charge in [0.2, 0.25) is 0 Å². The molecule has 0 aliphatic carbocycles. The summed E-state index contributed by atoms with van der Waals surface area (Å²) in [5.41, 5.74) is 1.37. The minimum atomic E-state index is 0.320. The van der Waals surface area contributed by atoms with Crippen molar-refractivity contribution in [3.8, 4) is 5.75 Å². The topological polar surface area (TPSA) is 21.3 Å². The summed E-state index contributed by atoms with van der Waals surface area (Å²) in [6.45, 7) is 6.49. The maximum atomic E-state index is 5.97. The lowest BCUT2D eigenvalue weighted by Gasteiger charge is -2.16. The van der Waals surface area contributed by atoms with Crippen molar-refractivity contribution in [3.63, 3.8) is 0 Å². The first kappa shape index (κ1) is 12.9. The average Bonchev–Trinajstić information content (AvgIpc) is 2.83. The molecule has 17 heavy (non-hydrogen) atoms. The molecule has 1 aromatic rings. The molecule has 0 aromatic heterocycles. The Morgan fingerprint density at radius 1 is 1.53 bits per heavy atom. The van der Waals surface area contributed by atoms with Crippen molar-refractivity contribution in [1.29, 1.82) is 0 Å². The molecule has 0 bridgehead atoms. The van der Waals surface area contributed by atoms with Gasteiger partial charge in [0, 0.05) is 6.54 Å². The highest BCUT2D eigenvalue weighted by Crippen LogP contribution is 2.31. The number of halogens is 1. The summed E-state index contributed by atoms with van der Waals surface area (Å²) in [5, 5.41) is 3.31. The number of nitrogens with one attached hydrogen (secondary N) is 1. The van der Waals surface area contributed by atoms with E-state index in [0.29, 0.717) is 12.0 Å². The normalized spacial score (nSPS) is 21.5. The van der Waals surface area contributed by atoms with Crippen molar-refractivity contribution in [2.24, 2.45) is 0 Å². The first-order chi connectivity index (χ1) is 8.20. The van der Waals surface area contributed by atoms with Crippen LogP contribution in [-0.4, -0.2) is 19.2 Å². The van der Waals surface area contributed by atoms with Gasteiger partial charge in [0.1, 0.15) is 11.9 Å². The predicted octanol–water partition coefficient (Wildman–Crippen LogP) is 3.70. The molecule has 2 nitrogen and oxygen atoms in total. The van der Waals surface area contributed by atoms with Crippen molar-refractivity contribution >= 4 is 15.9 Å². The molecule has 1 aliphatic rings. The lowest BCUT2D eigenvalue weighted by atomic mass is 9.99. The van der Waals surface area contributed by atoms with Gasteiger partial charge in [0.05, 0.1) is 4.47 Å². The highest BCUT2D eigenvalue weighted by atomic mass is 79.9. The molecule has 94 valence electrons. The number of hydrogen-bond donors (Lipinski definition) is 1. The van der Waals surface area contributed by atoms with Gasteiger partial charge < -0.3 is 10.1 Å². The van der Waals surface area contributed by atoms with Gasteiger partial charge >= 0.3 is 0 Å². The molecule has 0 amide bonds. The van der Waals surface area contributed by atoms with E-state index in [0.717, 1.165) is 29.7 Å². The summed E-state index contributed by atoms with van der Waals surface area (Å²) in [7, 11) is 0. The lowest BCUT2D eigenvalue weighted by Crippen LogP contribution is -2.19. The van der Waals surface area contributed by atoms with E-state index in [-0.39, 0.29) is 0 Å². The van der Waals surface area contributed by atoms with E-state index in [2.05, 4.69) is 53.3 Å². The van der Waals surface area contributed by atoms with E-state index in [1.807, 2.05) is 0 Å². The second-order valence-corrected chi connectivity index (χ2v) is 5.59. The molecular formula is C14H20BrNO. The Balaban J connectivity index is 2.08. The van der Waals surface area contributed by atoms with Crippen molar-refractivity contribution in [2.75, 3.05) is 13.1 Å². The SMILES string of the molecule is CCC(C)c1ccc(OC2CCNC2)c(Br)c1. The third-order valence-corrected chi connectivity index (χ3v) is 4.07. The second-order valence-electron chi connectivity index (χ2n) is 4.73. The average molecular weight is 298 g/mol. The third kappa shape index (κ3) is 3.23. The van der Waals surface area contributed by atoms with Crippen LogP contribution in [-0.2, 0) is 0 Å². The summed E-state index contributed by atoms with van der Waals surface area (Å²) in [4.78, 5) is 0. The van der Waals surface area contributed by atoms with Gasteiger partial charge in [-0.3, -0.25) is 0 Å². The minimum Gasteiger partial charge on any atom is -0.488 e. The van der Waals surface area contributed by atoms with Crippen LogP contribution in [0.25, 0.3) is 0 Å². The molecule has 3 heteroatoms. The van der Waals surface area contributed by atoms with Crippen LogP contribution >= 0.6 is 15.9 Å². The molecule has 2 rings (SSSR count). The van der Waals surface area contributed by atoms with Crippen LogP contribution in [0.15, 0.2) is 22.7 Å². The maximum absolute atomic E-state index is 5.97. The summed E-state index contributed by atoms with van der Waals surface area (Å²) in [5.74, 6) is 1.57. The Bertz CT molecular complexity index is 374. The van der Waals surface area contributed by atoms with E-state index in [1.54, 1.807) is 0 Å². The minimum absolute atomic E-state index is 0.320. The van der Waals surface area contributed by atoms with Crippen LogP contribution in [0.1, 0.15) is 38.2 Å². The van der Waals surface area contributed by atoms with Gasteiger partial charge in [0.25, 0.3) is 0 Å². The van der Waals surface area contributed by atoms with Crippen LogP contribution in [0.2, 0.25) is 0 Å². The highest BCUT2D eigenvalue weighted by Gasteiger charge is 2.17. The Morgan fingerprint density at radius 3 is 2.94 bits per heavy atom. The Hall–Kier alpha value is -0.540. The molecule has 2 unspecified atom stereocenters. The smallest absolute Gasteiger partial charge is 0.133 e. The molecule has 0 spiro atoms.